The lowest BCUT2D eigenvalue weighted by Gasteiger charge is -2.17. The minimum atomic E-state index is -1.20. The van der Waals surface area contributed by atoms with E-state index in [1.165, 1.54) is 12.1 Å². The lowest BCUT2D eigenvalue weighted by Crippen LogP contribution is -2.21. The van der Waals surface area contributed by atoms with Gasteiger partial charge in [-0.25, -0.2) is 0 Å². The number of hydrogen-bond acceptors (Lipinski definition) is 4. The van der Waals surface area contributed by atoms with Gasteiger partial charge in [0.1, 0.15) is 11.9 Å². The summed E-state index contributed by atoms with van der Waals surface area (Å²) >= 11 is 6.22. The van der Waals surface area contributed by atoms with Crippen LogP contribution in [0, 0.1) is 0 Å². The first-order valence-electron chi connectivity index (χ1n) is 4.52. The van der Waals surface area contributed by atoms with E-state index >= 15 is 0 Å². The van der Waals surface area contributed by atoms with E-state index in [0.717, 1.165) is 0 Å². The molecule has 2 unspecified atom stereocenters. The van der Waals surface area contributed by atoms with Gasteiger partial charge in [-0.3, -0.25) is 0 Å². The molecule has 0 heterocycles. The predicted molar refractivity (Wildman–Crippen MR) is 68.5 cm³/mol. The molecular weight excluding hydrogens is 358 g/mol. The Kier molecular flexibility index (Phi) is 5.23. The van der Waals surface area contributed by atoms with E-state index in [4.69, 9.17) is 5.53 Å². The fraction of sp³-hybridized carbons (Fsp3) is 0.333. The van der Waals surface area contributed by atoms with Crippen molar-refractivity contribution in [1.29, 1.82) is 0 Å². The highest BCUT2D eigenvalue weighted by Gasteiger charge is 2.19. The summed E-state index contributed by atoms with van der Waals surface area (Å²) in [6.45, 7) is -0.228. The normalized spacial score (nSPS) is 13.9. The number of rotatable bonds is 4. The molecule has 1 aromatic rings. The van der Waals surface area contributed by atoms with Crippen LogP contribution in [0.2, 0.25) is 0 Å². The molecule has 2 atom stereocenters. The summed E-state index contributed by atoms with van der Waals surface area (Å²) in [4.78, 5) is 2.50. The second-order valence-electron chi connectivity index (χ2n) is 3.26. The highest BCUT2D eigenvalue weighted by atomic mass is 79.9. The third-order valence-corrected chi connectivity index (χ3v) is 3.29. The van der Waals surface area contributed by atoms with Crippen LogP contribution in [-0.4, -0.2) is 28.0 Å². The maximum absolute atomic E-state index is 9.80. The fourth-order valence-electron chi connectivity index (χ4n) is 1.20. The summed E-state index contributed by atoms with van der Waals surface area (Å²) in [5, 5.41) is 32.0. The Morgan fingerprint density at radius 2 is 1.82 bits per heavy atom. The molecule has 6 nitrogen and oxygen atoms in total. The monoisotopic (exact) mass is 365 g/mol. The van der Waals surface area contributed by atoms with Gasteiger partial charge in [0.15, 0.2) is 0 Å². The Balaban J connectivity index is 2.96. The van der Waals surface area contributed by atoms with Gasteiger partial charge < -0.3 is 15.3 Å². The van der Waals surface area contributed by atoms with E-state index in [1.54, 1.807) is 0 Å². The van der Waals surface area contributed by atoms with Crippen LogP contribution in [0.5, 0.6) is 5.75 Å². The molecule has 0 saturated carbocycles. The van der Waals surface area contributed by atoms with Crippen LogP contribution in [0.25, 0.3) is 10.4 Å². The molecule has 0 saturated heterocycles. The molecule has 0 amide bonds. The van der Waals surface area contributed by atoms with Gasteiger partial charge in [-0.15, -0.1) is 0 Å². The van der Waals surface area contributed by atoms with E-state index < -0.39 is 12.2 Å². The van der Waals surface area contributed by atoms with Gasteiger partial charge in [0, 0.05) is 4.91 Å². The minimum Gasteiger partial charge on any atom is -0.506 e. The molecule has 92 valence electrons. The Bertz CT molecular complexity index is 440. The molecule has 17 heavy (non-hydrogen) atoms. The molecule has 8 heteroatoms. The number of aliphatic hydroxyl groups is 2. The van der Waals surface area contributed by atoms with E-state index in [1.807, 2.05) is 0 Å². The van der Waals surface area contributed by atoms with Crippen molar-refractivity contribution in [3.8, 4) is 5.75 Å². The molecule has 0 aliphatic heterocycles. The number of aromatic hydroxyl groups is 1. The lowest BCUT2D eigenvalue weighted by molar-refractivity contribution is 0.0243. The highest BCUT2D eigenvalue weighted by Crippen LogP contribution is 2.35. The Labute approximate surface area is 114 Å². The van der Waals surface area contributed by atoms with Gasteiger partial charge in [-0.05, 0) is 55.1 Å². The van der Waals surface area contributed by atoms with Gasteiger partial charge in [0.25, 0.3) is 0 Å². The average Bonchev–Trinajstić information content (AvgIpc) is 2.31. The molecule has 1 rings (SSSR count). The van der Waals surface area contributed by atoms with Crippen LogP contribution in [0.4, 0.5) is 0 Å². The number of phenols is 1. The first kappa shape index (κ1) is 14.3. The first-order chi connectivity index (χ1) is 7.97. The van der Waals surface area contributed by atoms with Crippen LogP contribution < -0.4 is 0 Å². The van der Waals surface area contributed by atoms with Crippen molar-refractivity contribution in [2.45, 2.75) is 12.2 Å². The van der Waals surface area contributed by atoms with Crippen LogP contribution in [0.3, 0.4) is 0 Å². The van der Waals surface area contributed by atoms with Crippen LogP contribution >= 0.6 is 31.9 Å². The standard InChI is InChI=1S/C9H9Br2N3O3/c10-5-1-4(2-6(11)9(5)17)8(16)7(15)3-13-14-12/h1-2,7-8,15-17H,3H2. The topological polar surface area (TPSA) is 109 Å². The number of phenolic OH excluding ortho intramolecular Hbond substituents is 1. The van der Waals surface area contributed by atoms with Crippen molar-refractivity contribution in [3.63, 3.8) is 0 Å². The number of hydrogen-bond donors (Lipinski definition) is 3. The number of benzene rings is 1. The molecule has 0 radical (unpaired) electrons. The summed E-state index contributed by atoms with van der Waals surface area (Å²) in [5.41, 5.74) is 8.50. The summed E-state index contributed by atoms with van der Waals surface area (Å²) in [6, 6.07) is 2.95. The molecule has 3 N–H and O–H groups in total. The van der Waals surface area contributed by atoms with Gasteiger partial charge in [0.05, 0.1) is 21.6 Å². The van der Waals surface area contributed by atoms with Gasteiger partial charge >= 0.3 is 0 Å². The van der Waals surface area contributed by atoms with Crippen LogP contribution in [0.15, 0.2) is 26.2 Å². The average molecular weight is 367 g/mol. The molecule has 0 spiro atoms. The van der Waals surface area contributed by atoms with E-state index in [0.29, 0.717) is 14.5 Å². The molecule has 0 aromatic heterocycles. The van der Waals surface area contributed by atoms with Crippen LogP contribution in [-0.2, 0) is 0 Å². The summed E-state index contributed by atoms with van der Waals surface area (Å²) in [6.07, 6.45) is -2.40. The highest BCUT2D eigenvalue weighted by molar-refractivity contribution is 9.11. The third kappa shape index (κ3) is 3.58. The van der Waals surface area contributed by atoms with Gasteiger partial charge in [0.2, 0.25) is 0 Å². The SMILES string of the molecule is [N-]=[N+]=NCC(O)C(O)c1cc(Br)c(O)c(Br)c1. The Morgan fingerprint density at radius 1 is 1.29 bits per heavy atom. The summed E-state index contributed by atoms with van der Waals surface area (Å²) in [7, 11) is 0. The van der Waals surface area contributed by atoms with Crippen molar-refractivity contribution in [2.24, 2.45) is 5.11 Å². The van der Waals surface area contributed by atoms with Crippen molar-refractivity contribution in [1.82, 2.24) is 0 Å². The smallest absolute Gasteiger partial charge is 0.143 e. The number of nitrogens with zero attached hydrogens (tertiary/aromatic N) is 3. The van der Waals surface area contributed by atoms with Crippen molar-refractivity contribution >= 4 is 31.9 Å². The minimum absolute atomic E-state index is 0.00508. The number of azide groups is 1. The number of halogens is 2. The molecule has 0 aliphatic rings. The molecular formula is C9H9Br2N3O3. The summed E-state index contributed by atoms with van der Waals surface area (Å²) in [5.74, 6) is 0.00508. The van der Waals surface area contributed by atoms with Gasteiger partial charge in [-0.1, -0.05) is 5.11 Å². The van der Waals surface area contributed by atoms with E-state index in [-0.39, 0.29) is 12.3 Å². The van der Waals surface area contributed by atoms with Crippen molar-refractivity contribution in [3.05, 3.63) is 37.1 Å². The van der Waals surface area contributed by atoms with Crippen molar-refractivity contribution in [2.75, 3.05) is 6.54 Å². The van der Waals surface area contributed by atoms with Crippen LogP contribution in [0.1, 0.15) is 11.7 Å². The predicted octanol–water partition coefficient (Wildman–Crippen LogP) is 2.62. The maximum Gasteiger partial charge on any atom is 0.143 e. The largest absolute Gasteiger partial charge is 0.506 e. The number of aliphatic hydroxyl groups excluding tert-OH is 2. The molecule has 1 aromatic carbocycles. The zero-order valence-electron chi connectivity index (χ0n) is 8.46. The van der Waals surface area contributed by atoms with Gasteiger partial charge in [-0.2, -0.15) is 0 Å². The van der Waals surface area contributed by atoms with Crippen molar-refractivity contribution < 1.29 is 15.3 Å². The molecule has 0 aliphatic carbocycles. The fourth-order valence-corrected chi connectivity index (χ4v) is 2.42. The zero-order valence-corrected chi connectivity index (χ0v) is 11.6. The second kappa shape index (κ2) is 6.23. The quantitative estimate of drug-likeness (QED) is 0.432. The van der Waals surface area contributed by atoms with E-state index in [9.17, 15) is 15.3 Å². The maximum atomic E-state index is 9.80. The third-order valence-electron chi connectivity index (χ3n) is 2.08. The second-order valence-corrected chi connectivity index (χ2v) is 4.97. The molecule has 0 fully saturated rings. The molecule has 0 bridgehead atoms. The first-order valence-corrected chi connectivity index (χ1v) is 6.11. The summed E-state index contributed by atoms with van der Waals surface area (Å²) < 4.78 is 0.772. The lowest BCUT2D eigenvalue weighted by atomic mass is 10.0. The Hall–Kier alpha value is -0.790. The Morgan fingerprint density at radius 3 is 2.29 bits per heavy atom. The zero-order chi connectivity index (χ0) is 13.0. The van der Waals surface area contributed by atoms with E-state index in [2.05, 4.69) is 41.9 Å².